The first kappa shape index (κ1) is 14.3. The minimum Gasteiger partial charge on any atom is -0.374 e. The van der Waals surface area contributed by atoms with Crippen molar-refractivity contribution in [2.45, 2.75) is 0 Å². The van der Waals surface area contributed by atoms with Gasteiger partial charge in [0.1, 0.15) is 11.6 Å². The van der Waals surface area contributed by atoms with Crippen molar-refractivity contribution in [1.29, 1.82) is 0 Å². The summed E-state index contributed by atoms with van der Waals surface area (Å²) in [4.78, 5) is 11.6. The van der Waals surface area contributed by atoms with Crippen LogP contribution in [-0.2, 0) is 4.79 Å². The van der Waals surface area contributed by atoms with Crippen LogP contribution in [0.3, 0.4) is 0 Å². The number of carbonyl (C=O) groups excluding carboxylic acids is 1. The Balaban J connectivity index is 1.94. The molecule has 0 unspecified atom stereocenters. The molecule has 0 saturated carbocycles. The zero-order valence-corrected chi connectivity index (χ0v) is 11.0. The molecule has 2 rings (SSSR count). The lowest BCUT2D eigenvalue weighted by atomic mass is 10.3. The molecule has 0 aromatic heterocycles. The van der Waals surface area contributed by atoms with Crippen LogP contribution in [-0.4, -0.2) is 12.5 Å². The van der Waals surface area contributed by atoms with Crippen molar-refractivity contribution < 1.29 is 13.6 Å². The quantitative estimate of drug-likeness (QED) is 0.904. The van der Waals surface area contributed by atoms with E-state index in [1.807, 2.05) is 0 Å². The molecule has 0 fully saturated rings. The van der Waals surface area contributed by atoms with Crippen LogP contribution in [0.2, 0.25) is 5.02 Å². The van der Waals surface area contributed by atoms with Gasteiger partial charge >= 0.3 is 0 Å². The molecule has 0 spiro atoms. The number of halogens is 3. The van der Waals surface area contributed by atoms with Gasteiger partial charge in [0.2, 0.25) is 5.91 Å². The van der Waals surface area contributed by atoms with Gasteiger partial charge in [0.15, 0.2) is 0 Å². The Morgan fingerprint density at radius 1 is 1.15 bits per heavy atom. The Morgan fingerprint density at radius 2 is 1.95 bits per heavy atom. The molecule has 2 aromatic rings. The number of amides is 1. The van der Waals surface area contributed by atoms with Crippen molar-refractivity contribution in [3.05, 3.63) is 59.1 Å². The molecule has 3 nitrogen and oxygen atoms in total. The fourth-order valence-corrected chi connectivity index (χ4v) is 1.75. The lowest BCUT2D eigenvalue weighted by Crippen LogP contribution is -2.22. The van der Waals surface area contributed by atoms with Crippen LogP contribution >= 0.6 is 11.6 Å². The first-order chi connectivity index (χ1) is 9.54. The summed E-state index contributed by atoms with van der Waals surface area (Å²) in [5, 5.41) is 5.47. The van der Waals surface area contributed by atoms with Gasteiger partial charge in [-0.25, -0.2) is 8.78 Å². The molecule has 2 N–H and O–H groups in total. The maximum atomic E-state index is 13.4. The number of hydrogen-bond acceptors (Lipinski definition) is 2. The van der Waals surface area contributed by atoms with Gasteiger partial charge in [-0.1, -0.05) is 17.7 Å². The van der Waals surface area contributed by atoms with E-state index in [4.69, 9.17) is 11.6 Å². The topological polar surface area (TPSA) is 41.1 Å². The monoisotopic (exact) mass is 296 g/mol. The molecular weight excluding hydrogens is 286 g/mol. The Bertz CT molecular complexity index is 634. The van der Waals surface area contributed by atoms with Gasteiger partial charge in [-0.15, -0.1) is 0 Å². The zero-order valence-electron chi connectivity index (χ0n) is 10.3. The molecule has 6 heteroatoms. The van der Waals surface area contributed by atoms with Gasteiger partial charge in [0.05, 0.1) is 12.2 Å². The Morgan fingerprint density at radius 3 is 2.70 bits per heavy atom. The molecule has 0 radical (unpaired) electrons. The molecule has 0 aliphatic carbocycles. The van der Waals surface area contributed by atoms with Gasteiger partial charge in [0, 0.05) is 10.7 Å². The highest BCUT2D eigenvalue weighted by Gasteiger charge is 2.06. The second kappa shape index (κ2) is 6.34. The summed E-state index contributed by atoms with van der Waals surface area (Å²) in [5.41, 5.74) is 0.468. The smallest absolute Gasteiger partial charge is 0.243 e. The molecule has 0 aliphatic rings. The SMILES string of the molecule is O=C(CNc1cc(Cl)ccc1F)Nc1cccc(F)c1. The van der Waals surface area contributed by atoms with E-state index in [0.29, 0.717) is 10.7 Å². The summed E-state index contributed by atoms with van der Waals surface area (Å²) in [6.07, 6.45) is 0. The van der Waals surface area contributed by atoms with Crippen molar-refractivity contribution in [3.8, 4) is 0 Å². The number of hydrogen-bond donors (Lipinski definition) is 2. The molecule has 0 bridgehead atoms. The van der Waals surface area contributed by atoms with E-state index in [1.165, 1.54) is 36.4 Å². The van der Waals surface area contributed by atoms with Crippen molar-refractivity contribution in [1.82, 2.24) is 0 Å². The standard InChI is InChI=1S/C14H11ClF2N2O/c15-9-4-5-12(17)13(6-9)18-8-14(20)19-11-3-1-2-10(16)7-11/h1-7,18H,8H2,(H,19,20). The van der Waals surface area contributed by atoms with E-state index in [0.717, 1.165) is 0 Å². The lowest BCUT2D eigenvalue weighted by molar-refractivity contribution is -0.114. The Kier molecular flexibility index (Phi) is 4.53. The summed E-state index contributed by atoms with van der Waals surface area (Å²) in [7, 11) is 0. The molecule has 0 saturated heterocycles. The van der Waals surface area contributed by atoms with Gasteiger partial charge in [-0.2, -0.15) is 0 Å². The normalized spacial score (nSPS) is 10.2. The van der Waals surface area contributed by atoms with E-state index < -0.39 is 17.5 Å². The van der Waals surface area contributed by atoms with Crippen LogP contribution in [0.4, 0.5) is 20.2 Å². The van der Waals surface area contributed by atoms with E-state index in [9.17, 15) is 13.6 Å². The molecule has 104 valence electrons. The number of benzene rings is 2. The number of rotatable bonds is 4. The third kappa shape index (κ3) is 3.93. The average molecular weight is 297 g/mol. The van der Waals surface area contributed by atoms with Gasteiger partial charge < -0.3 is 10.6 Å². The van der Waals surface area contributed by atoms with E-state index in [2.05, 4.69) is 10.6 Å². The van der Waals surface area contributed by atoms with Crippen LogP contribution in [0.5, 0.6) is 0 Å². The third-order valence-electron chi connectivity index (χ3n) is 2.48. The van der Waals surface area contributed by atoms with E-state index >= 15 is 0 Å². The van der Waals surface area contributed by atoms with E-state index in [1.54, 1.807) is 6.07 Å². The Labute approximate surface area is 119 Å². The third-order valence-corrected chi connectivity index (χ3v) is 2.71. The lowest BCUT2D eigenvalue weighted by Gasteiger charge is -2.09. The summed E-state index contributed by atoms with van der Waals surface area (Å²) >= 11 is 5.73. The van der Waals surface area contributed by atoms with Crippen molar-refractivity contribution in [2.24, 2.45) is 0 Å². The average Bonchev–Trinajstić information content (AvgIpc) is 2.40. The summed E-state index contributed by atoms with van der Waals surface area (Å²) < 4.78 is 26.3. The van der Waals surface area contributed by atoms with Crippen LogP contribution in [0, 0.1) is 11.6 Å². The molecule has 0 heterocycles. The fraction of sp³-hybridized carbons (Fsp3) is 0.0714. The van der Waals surface area contributed by atoms with Gasteiger partial charge in [-0.05, 0) is 36.4 Å². The summed E-state index contributed by atoms with van der Waals surface area (Å²) in [6.45, 7) is -0.159. The summed E-state index contributed by atoms with van der Waals surface area (Å²) in [6, 6.07) is 9.50. The Hall–Kier alpha value is -2.14. The van der Waals surface area contributed by atoms with Crippen molar-refractivity contribution in [3.63, 3.8) is 0 Å². The fourth-order valence-electron chi connectivity index (χ4n) is 1.58. The molecule has 20 heavy (non-hydrogen) atoms. The second-order valence-corrected chi connectivity index (χ2v) is 4.47. The first-order valence-corrected chi connectivity index (χ1v) is 6.17. The predicted molar refractivity (Wildman–Crippen MR) is 74.9 cm³/mol. The van der Waals surface area contributed by atoms with Crippen LogP contribution < -0.4 is 10.6 Å². The van der Waals surface area contributed by atoms with Gasteiger partial charge in [0.25, 0.3) is 0 Å². The molecule has 1 amide bonds. The van der Waals surface area contributed by atoms with Gasteiger partial charge in [-0.3, -0.25) is 4.79 Å². The van der Waals surface area contributed by atoms with Crippen molar-refractivity contribution in [2.75, 3.05) is 17.2 Å². The number of anilines is 2. The minimum absolute atomic E-state index is 0.131. The zero-order chi connectivity index (χ0) is 14.5. The highest BCUT2D eigenvalue weighted by atomic mass is 35.5. The van der Waals surface area contributed by atoms with Crippen LogP contribution in [0.15, 0.2) is 42.5 Å². The molecule has 2 aromatic carbocycles. The molecule has 0 atom stereocenters. The van der Waals surface area contributed by atoms with Crippen molar-refractivity contribution >= 4 is 28.9 Å². The predicted octanol–water partition coefficient (Wildman–Crippen LogP) is 3.67. The largest absolute Gasteiger partial charge is 0.374 e. The van der Waals surface area contributed by atoms with Crippen LogP contribution in [0.25, 0.3) is 0 Å². The molecule has 0 aliphatic heterocycles. The van der Waals surface area contributed by atoms with E-state index in [-0.39, 0.29) is 12.2 Å². The maximum Gasteiger partial charge on any atom is 0.243 e. The number of nitrogens with one attached hydrogen (secondary N) is 2. The highest BCUT2D eigenvalue weighted by molar-refractivity contribution is 6.30. The second-order valence-electron chi connectivity index (χ2n) is 4.04. The minimum atomic E-state index is -0.507. The number of carbonyl (C=O) groups is 1. The maximum absolute atomic E-state index is 13.4. The highest BCUT2D eigenvalue weighted by Crippen LogP contribution is 2.19. The molecular formula is C14H11ClF2N2O. The van der Waals surface area contributed by atoms with Crippen LogP contribution in [0.1, 0.15) is 0 Å². The first-order valence-electron chi connectivity index (χ1n) is 5.79. The summed E-state index contributed by atoms with van der Waals surface area (Å²) in [5.74, 6) is -1.38.